The summed E-state index contributed by atoms with van der Waals surface area (Å²) in [6, 6.07) is -0.319. The fourth-order valence-corrected chi connectivity index (χ4v) is 1.37. The number of carbonyl (C=O) groups excluding carboxylic acids is 2. The number of aliphatic carboxylic acids is 1. The van der Waals surface area contributed by atoms with Crippen LogP contribution in [0.15, 0.2) is 0 Å². The fourth-order valence-electron chi connectivity index (χ4n) is 1.37. The molecular weight excluding hydrogens is 266 g/mol. The normalized spacial score (nSPS) is 9.90. The second kappa shape index (κ2) is 11.0. The summed E-state index contributed by atoms with van der Waals surface area (Å²) in [5.74, 6) is -1.04. The molecule has 0 bridgehead atoms. The SMILES string of the molecule is COCCNC(=O)CCNC(=O)N(C)CCCC(=O)O. The van der Waals surface area contributed by atoms with Crippen LogP contribution in [0.25, 0.3) is 0 Å². The van der Waals surface area contributed by atoms with E-state index >= 15 is 0 Å². The highest BCUT2D eigenvalue weighted by Gasteiger charge is 2.09. The summed E-state index contributed by atoms with van der Waals surface area (Å²) in [5, 5.41) is 13.7. The largest absolute Gasteiger partial charge is 0.481 e. The molecule has 8 heteroatoms. The molecule has 0 aliphatic carbocycles. The summed E-state index contributed by atoms with van der Waals surface area (Å²) in [6.45, 7) is 1.49. The van der Waals surface area contributed by atoms with Crippen LogP contribution in [-0.4, -0.2) is 68.3 Å². The number of carboxylic acid groups (broad SMARTS) is 1. The first-order valence-corrected chi connectivity index (χ1v) is 6.43. The van der Waals surface area contributed by atoms with E-state index in [0.717, 1.165) is 0 Å². The Kier molecular flexibility index (Phi) is 10.0. The highest BCUT2D eigenvalue weighted by molar-refractivity contribution is 5.78. The van der Waals surface area contributed by atoms with Crippen LogP contribution in [0.1, 0.15) is 19.3 Å². The number of nitrogens with zero attached hydrogens (tertiary/aromatic N) is 1. The molecule has 0 saturated heterocycles. The van der Waals surface area contributed by atoms with Crippen LogP contribution in [0.5, 0.6) is 0 Å². The molecule has 8 nitrogen and oxygen atoms in total. The van der Waals surface area contributed by atoms with Crippen LogP contribution in [0, 0.1) is 0 Å². The second-order valence-electron chi connectivity index (χ2n) is 4.24. The molecule has 3 N–H and O–H groups in total. The summed E-state index contributed by atoms with van der Waals surface area (Å²) in [5.41, 5.74) is 0. The van der Waals surface area contributed by atoms with Crippen molar-refractivity contribution in [2.45, 2.75) is 19.3 Å². The van der Waals surface area contributed by atoms with Crippen molar-refractivity contribution in [2.24, 2.45) is 0 Å². The molecule has 0 unspecified atom stereocenters. The Morgan fingerprint density at radius 2 is 1.85 bits per heavy atom. The third kappa shape index (κ3) is 10.1. The van der Waals surface area contributed by atoms with Gasteiger partial charge in [0, 0.05) is 46.6 Å². The zero-order chi connectivity index (χ0) is 15.4. The summed E-state index contributed by atoms with van der Waals surface area (Å²) in [7, 11) is 3.13. The van der Waals surface area contributed by atoms with E-state index in [4.69, 9.17) is 9.84 Å². The Bertz CT molecular complexity index is 322. The zero-order valence-electron chi connectivity index (χ0n) is 12.0. The molecule has 0 radical (unpaired) electrons. The van der Waals surface area contributed by atoms with Gasteiger partial charge in [0.15, 0.2) is 0 Å². The molecule has 0 spiro atoms. The number of urea groups is 1. The van der Waals surface area contributed by atoms with Gasteiger partial charge in [-0.2, -0.15) is 0 Å². The van der Waals surface area contributed by atoms with Crippen LogP contribution in [0.3, 0.4) is 0 Å². The van der Waals surface area contributed by atoms with E-state index in [1.165, 1.54) is 4.90 Å². The first-order valence-electron chi connectivity index (χ1n) is 6.43. The molecule has 3 amide bonds. The maximum atomic E-state index is 11.6. The van der Waals surface area contributed by atoms with Crippen molar-refractivity contribution in [3.63, 3.8) is 0 Å². The third-order valence-electron chi connectivity index (χ3n) is 2.49. The summed E-state index contributed by atoms with van der Waals surface area (Å²) in [6.07, 6.45) is 0.620. The predicted octanol–water partition coefficient (Wildman–Crippen LogP) is -0.355. The molecule has 0 fully saturated rings. The first-order chi connectivity index (χ1) is 9.47. The number of ether oxygens (including phenoxy) is 1. The summed E-state index contributed by atoms with van der Waals surface area (Å²) >= 11 is 0. The highest BCUT2D eigenvalue weighted by Crippen LogP contribution is 1.93. The lowest BCUT2D eigenvalue weighted by Crippen LogP contribution is -2.39. The van der Waals surface area contributed by atoms with Crippen molar-refractivity contribution in [2.75, 3.05) is 40.4 Å². The van der Waals surface area contributed by atoms with Crippen molar-refractivity contribution < 1.29 is 24.2 Å². The summed E-state index contributed by atoms with van der Waals surface area (Å²) < 4.78 is 4.79. The minimum atomic E-state index is -0.883. The maximum absolute atomic E-state index is 11.6. The predicted molar refractivity (Wildman–Crippen MR) is 72.4 cm³/mol. The third-order valence-corrected chi connectivity index (χ3v) is 2.49. The topological polar surface area (TPSA) is 108 Å². The van der Waals surface area contributed by atoms with Crippen molar-refractivity contribution in [1.29, 1.82) is 0 Å². The van der Waals surface area contributed by atoms with Crippen molar-refractivity contribution in [3.8, 4) is 0 Å². The van der Waals surface area contributed by atoms with Crippen LogP contribution in [-0.2, 0) is 14.3 Å². The zero-order valence-corrected chi connectivity index (χ0v) is 12.0. The molecule has 0 aliphatic heterocycles. The van der Waals surface area contributed by atoms with Crippen LogP contribution in [0.4, 0.5) is 4.79 Å². The van der Waals surface area contributed by atoms with Gasteiger partial charge in [-0.3, -0.25) is 9.59 Å². The quantitative estimate of drug-likeness (QED) is 0.476. The van der Waals surface area contributed by atoms with Crippen molar-refractivity contribution in [3.05, 3.63) is 0 Å². The molecule has 116 valence electrons. The Labute approximate surface area is 118 Å². The van der Waals surface area contributed by atoms with E-state index in [1.807, 2.05) is 0 Å². The second-order valence-corrected chi connectivity index (χ2v) is 4.24. The molecule has 0 aromatic carbocycles. The van der Waals surface area contributed by atoms with Crippen molar-refractivity contribution >= 4 is 17.9 Å². The first kappa shape index (κ1) is 18.2. The van der Waals surface area contributed by atoms with E-state index in [2.05, 4.69) is 10.6 Å². The number of rotatable bonds is 10. The van der Waals surface area contributed by atoms with E-state index in [0.29, 0.717) is 26.1 Å². The minimum Gasteiger partial charge on any atom is -0.481 e. The number of carbonyl (C=O) groups is 3. The number of nitrogens with one attached hydrogen (secondary N) is 2. The lowest BCUT2D eigenvalue weighted by Gasteiger charge is -2.17. The van der Waals surface area contributed by atoms with Gasteiger partial charge < -0.3 is 25.4 Å². The number of hydrogen-bond acceptors (Lipinski definition) is 4. The maximum Gasteiger partial charge on any atom is 0.317 e. The van der Waals surface area contributed by atoms with Crippen LogP contribution in [0.2, 0.25) is 0 Å². The molecule has 20 heavy (non-hydrogen) atoms. The summed E-state index contributed by atoms with van der Waals surface area (Å²) in [4.78, 5) is 34.6. The Hall–Kier alpha value is -1.83. The monoisotopic (exact) mass is 289 g/mol. The molecule has 0 aromatic rings. The van der Waals surface area contributed by atoms with E-state index in [-0.39, 0.29) is 31.3 Å². The molecular formula is C12H23N3O5. The van der Waals surface area contributed by atoms with Gasteiger partial charge in [-0.15, -0.1) is 0 Å². The highest BCUT2D eigenvalue weighted by atomic mass is 16.5. The van der Waals surface area contributed by atoms with Crippen LogP contribution < -0.4 is 10.6 Å². The Balaban J connectivity index is 3.65. The Morgan fingerprint density at radius 3 is 2.45 bits per heavy atom. The van der Waals surface area contributed by atoms with E-state index in [9.17, 15) is 14.4 Å². The van der Waals surface area contributed by atoms with Gasteiger partial charge in [0.1, 0.15) is 0 Å². The number of carboxylic acids is 1. The van der Waals surface area contributed by atoms with Crippen molar-refractivity contribution in [1.82, 2.24) is 15.5 Å². The molecule has 0 rings (SSSR count). The number of methoxy groups -OCH3 is 1. The van der Waals surface area contributed by atoms with Gasteiger partial charge >= 0.3 is 12.0 Å². The smallest absolute Gasteiger partial charge is 0.317 e. The van der Waals surface area contributed by atoms with Gasteiger partial charge in [-0.25, -0.2) is 4.79 Å². The van der Waals surface area contributed by atoms with Gasteiger partial charge in [-0.05, 0) is 6.42 Å². The lowest BCUT2D eigenvalue weighted by atomic mass is 10.3. The minimum absolute atomic E-state index is 0.0273. The molecule has 0 aromatic heterocycles. The Morgan fingerprint density at radius 1 is 1.15 bits per heavy atom. The van der Waals surface area contributed by atoms with E-state index < -0.39 is 5.97 Å². The number of amides is 3. The molecule has 0 aliphatic rings. The average molecular weight is 289 g/mol. The van der Waals surface area contributed by atoms with E-state index in [1.54, 1.807) is 14.2 Å². The molecule has 0 atom stereocenters. The van der Waals surface area contributed by atoms with Gasteiger partial charge in [0.2, 0.25) is 5.91 Å². The van der Waals surface area contributed by atoms with Gasteiger partial charge in [0.25, 0.3) is 0 Å². The van der Waals surface area contributed by atoms with Gasteiger partial charge in [0.05, 0.1) is 6.61 Å². The molecule has 0 heterocycles. The fraction of sp³-hybridized carbons (Fsp3) is 0.750. The number of hydrogen-bond donors (Lipinski definition) is 3. The van der Waals surface area contributed by atoms with Gasteiger partial charge in [-0.1, -0.05) is 0 Å². The lowest BCUT2D eigenvalue weighted by molar-refractivity contribution is -0.137. The standard InChI is InChI=1S/C12H23N3O5/c1-15(8-3-4-11(17)18)12(19)14-6-5-10(16)13-7-9-20-2/h3-9H2,1-2H3,(H,13,16)(H,14,19)(H,17,18). The molecule has 0 saturated carbocycles. The average Bonchev–Trinajstić information content (AvgIpc) is 2.38. The van der Waals surface area contributed by atoms with Crippen LogP contribution >= 0.6 is 0 Å².